The van der Waals surface area contributed by atoms with E-state index in [-0.39, 0.29) is 37.3 Å². The van der Waals surface area contributed by atoms with Crippen LogP contribution in [0, 0.1) is 5.92 Å². The number of nitrogens with one attached hydrogen (secondary N) is 1. The van der Waals surface area contributed by atoms with Gasteiger partial charge in [0.15, 0.2) is 0 Å². The third-order valence-corrected chi connectivity index (χ3v) is 4.83. The molecule has 0 bridgehead atoms. The first-order valence-corrected chi connectivity index (χ1v) is 9.60. The molecule has 0 radical (unpaired) electrons. The molecule has 2 rings (SSSR count). The second-order valence-electron chi connectivity index (χ2n) is 8.10. The Bertz CT molecular complexity index is 597. The van der Waals surface area contributed by atoms with Crippen molar-refractivity contribution in [2.75, 3.05) is 13.2 Å². The fraction of sp³-hybridized carbons (Fsp3) is 0.789. The summed E-state index contributed by atoms with van der Waals surface area (Å²) in [5, 5.41) is 2.52. The fourth-order valence-electron chi connectivity index (χ4n) is 3.77. The number of rotatable bonds is 4. The summed E-state index contributed by atoms with van der Waals surface area (Å²) in [6.07, 6.45) is 2.33. The third kappa shape index (κ3) is 5.68. The zero-order valence-electron chi connectivity index (χ0n) is 16.6. The summed E-state index contributed by atoms with van der Waals surface area (Å²) in [5.74, 6) is -1.31. The quantitative estimate of drug-likeness (QED) is 0.744. The van der Waals surface area contributed by atoms with E-state index >= 15 is 0 Å². The molecule has 8 heteroatoms. The van der Waals surface area contributed by atoms with E-state index in [1.54, 1.807) is 27.7 Å². The molecule has 0 aromatic heterocycles. The minimum Gasteiger partial charge on any atom is -0.465 e. The maximum atomic E-state index is 13.1. The van der Waals surface area contributed by atoms with Gasteiger partial charge in [-0.2, -0.15) is 0 Å². The molecule has 2 amide bonds. The Labute approximate surface area is 159 Å². The molecule has 27 heavy (non-hydrogen) atoms. The van der Waals surface area contributed by atoms with Crippen LogP contribution in [0.2, 0.25) is 0 Å². The standard InChI is InChI=1S/C19H30N2O6/c1-5-26-16(23)11-21-14-9-7-6-8-12(14)15(22)10-13(17(21)24)20-18(25)27-19(2,3)4/h12-14H,5-11H2,1-4H3,(H,20,25)/t12?,13-,14?/m0/s1. The number of carbonyl (C=O) groups is 4. The Morgan fingerprint density at radius 3 is 2.48 bits per heavy atom. The second-order valence-corrected chi connectivity index (χ2v) is 8.10. The highest BCUT2D eigenvalue weighted by atomic mass is 16.6. The average Bonchev–Trinajstić information content (AvgIpc) is 2.65. The number of ketones is 1. The van der Waals surface area contributed by atoms with E-state index in [0.29, 0.717) is 12.8 Å². The number of carbonyl (C=O) groups excluding carboxylic acids is 4. The molecule has 1 saturated carbocycles. The third-order valence-electron chi connectivity index (χ3n) is 4.83. The monoisotopic (exact) mass is 382 g/mol. The average molecular weight is 382 g/mol. The van der Waals surface area contributed by atoms with E-state index in [9.17, 15) is 19.2 Å². The molecule has 2 aliphatic rings. The Kier molecular flexibility index (Phi) is 6.84. The number of esters is 1. The van der Waals surface area contributed by atoms with Gasteiger partial charge in [0.05, 0.1) is 6.61 Å². The van der Waals surface area contributed by atoms with E-state index in [0.717, 1.165) is 12.8 Å². The zero-order chi connectivity index (χ0) is 20.2. The predicted molar refractivity (Wildman–Crippen MR) is 96.9 cm³/mol. The van der Waals surface area contributed by atoms with Crippen molar-refractivity contribution in [2.24, 2.45) is 5.92 Å². The minimum atomic E-state index is -1.03. The normalized spacial score (nSPS) is 26.1. The number of Topliss-reactive ketones (excluding diaryl/α,β-unsaturated/α-hetero) is 1. The number of amides is 2. The number of alkyl carbamates (subject to hydrolysis) is 1. The van der Waals surface area contributed by atoms with E-state index in [4.69, 9.17) is 9.47 Å². The molecule has 1 saturated heterocycles. The molecule has 3 atom stereocenters. The number of hydrogen-bond donors (Lipinski definition) is 1. The van der Waals surface area contributed by atoms with Gasteiger partial charge in [0, 0.05) is 18.4 Å². The fourth-order valence-corrected chi connectivity index (χ4v) is 3.77. The van der Waals surface area contributed by atoms with Crippen LogP contribution in [0.15, 0.2) is 0 Å². The van der Waals surface area contributed by atoms with E-state index < -0.39 is 29.6 Å². The maximum absolute atomic E-state index is 13.1. The first kappa shape index (κ1) is 21.2. The van der Waals surface area contributed by atoms with Crippen LogP contribution in [0.3, 0.4) is 0 Å². The largest absolute Gasteiger partial charge is 0.465 e. The molecular formula is C19H30N2O6. The van der Waals surface area contributed by atoms with Crippen molar-refractivity contribution in [2.45, 2.75) is 77.5 Å². The number of fused-ring (bicyclic) bond motifs is 1. The predicted octanol–water partition coefficient (Wildman–Crippen LogP) is 1.80. The van der Waals surface area contributed by atoms with Gasteiger partial charge in [-0.25, -0.2) is 4.79 Å². The Hall–Kier alpha value is -2.12. The van der Waals surface area contributed by atoms with Crippen LogP contribution in [0.5, 0.6) is 0 Å². The van der Waals surface area contributed by atoms with E-state index in [2.05, 4.69) is 5.32 Å². The lowest BCUT2D eigenvalue weighted by Gasteiger charge is -2.37. The Balaban J connectivity index is 2.22. The van der Waals surface area contributed by atoms with Crippen molar-refractivity contribution in [3.63, 3.8) is 0 Å². The van der Waals surface area contributed by atoms with Crippen LogP contribution in [0.25, 0.3) is 0 Å². The van der Waals surface area contributed by atoms with Gasteiger partial charge in [-0.3, -0.25) is 14.4 Å². The molecule has 152 valence electrons. The van der Waals surface area contributed by atoms with Crippen LogP contribution in [-0.4, -0.2) is 59.5 Å². The minimum absolute atomic E-state index is 0.0551. The number of likely N-dealkylation sites (tertiary alicyclic amines) is 1. The molecule has 1 aliphatic heterocycles. The van der Waals surface area contributed by atoms with Gasteiger partial charge < -0.3 is 19.7 Å². The summed E-state index contributed by atoms with van der Waals surface area (Å²) in [5.41, 5.74) is -0.722. The van der Waals surface area contributed by atoms with Crippen LogP contribution in [0.4, 0.5) is 4.79 Å². The summed E-state index contributed by atoms with van der Waals surface area (Å²) in [6, 6.07) is -1.36. The van der Waals surface area contributed by atoms with Gasteiger partial charge in [-0.1, -0.05) is 12.8 Å². The van der Waals surface area contributed by atoms with Crippen molar-refractivity contribution < 1.29 is 28.7 Å². The lowest BCUT2D eigenvalue weighted by molar-refractivity contribution is -0.152. The molecular weight excluding hydrogens is 352 g/mol. The summed E-state index contributed by atoms with van der Waals surface area (Å²) >= 11 is 0. The first-order valence-electron chi connectivity index (χ1n) is 9.60. The lowest BCUT2D eigenvalue weighted by atomic mass is 9.81. The molecule has 2 unspecified atom stereocenters. The molecule has 1 aliphatic carbocycles. The molecule has 0 aromatic rings. The molecule has 2 fully saturated rings. The van der Waals surface area contributed by atoms with Crippen LogP contribution < -0.4 is 5.32 Å². The van der Waals surface area contributed by atoms with Crippen molar-refractivity contribution >= 4 is 23.8 Å². The first-order chi connectivity index (χ1) is 12.6. The topological polar surface area (TPSA) is 102 Å². The second kappa shape index (κ2) is 8.71. The van der Waals surface area contributed by atoms with Crippen molar-refractivity contribution in [3.8, 4) is 0 Å². The molecule has 1 heterocycles. The lowest BCUT2D eigenvalue weighted by Crippen LogP contribution is -2.53. The van der Waals surface area contributed by atoms with Crippen LogP contribution >= 0.6 is 0 Å². The van der Waals surface area contributed by atoms with Gasteiger partial charge in [-0.05, 0) is 40.5 Å². The maximum Gasteiger partial charge on any atom is 0.408 e. The number of ether oxygens (including phenoxy) is 2. The highest BCUT2D eigenvalue weighted by Gasteiger charge is 2.45. The van der Waals surface area contributed by atoms with Crippen LogP contribution in [0.1, 0.15) is 59.8 Å². The van der Waals surface area contributed by atoms with Crippen molar-refractivity contribution in [3.05, 3.63) is 0 Å². The Morgan fingerprint density at radius 1 is 1.19 bits per heavy atom. The molecule has 1 N–H and O–H groups in total. The molecule has 8 nitrogen and oxygen atoms in total. The van der Waals surface area contributed by atoms with Gasteiger partial charge >= 0.3 is 12.1 Å². The van der Waals surface area contributed by atoms with E-state index in [1.807, 2.05) is 0 Å². The number of nitrogens with zero attached hydrogens (tertiary/aromatic N) is 1. The highest BCUT2D eigenvalue weighted by molar-refractivity contribution is 5.96. The van der Waals surface area contributed by atoms with Gasteiger partial charge in [-0.15, -0.1) is 0 Å². The number of hydrogen-bond acceptors (Lipinski definition) is 6. The summed E-state index contributed by atoms with van der Waals surface area (Å²) in [6.45, 7) is 6.85. The molecule has 0 spiro atoms. The molecule has 0 aromatic carbocycles. The summed E-state index contributed by atoms with van der Waals surface area (Å²) in [4.78, 5) is 51.4. The van der Waals surface area contributed by atoms with Crippen LogP contribution in [-0.2, 0) is 23.9 Å². The van der Waals surface area contributed by atoms with E-state index in [1.165, 1.54) is 4.90 Å². The van der Waals surface area contributed by atoms with Crippen molar-refractivity contribution in [1.29, 1.82) is 0 Å². The Morgan fingerprint density at radius 2 is 1.85 bits per heavy atom. The van der Waals surface area contributed by atoms with Gasteiger partial charge in [0.2, 0.25) is 5.91 Å². The smallest absolute Gasteiger partial charge is 0.408 e. The van der Waals surface area contributed by atoms with Gasteiger partial charge in [0.1, 0.15) is 24.0 Å². The summed E-state index contributed by atoms with van der Waals surface area (Å²) in [7, 11) is 0. The van der Waals surface area contributed by atoms with Crippen molar-refractivity contribution in [1.82, 2.24) is 10.2 Å². The summed E-state index contributed by atoms with van der Waals surface area (Å²) < 4.78 is 10.2. The SMILES string of the molecule is CCOC(=O)CN1C(=O)[C@@H](NC(=O)OC(C)(C)C)CC(=O)C2CCCCC21. The van der Waals surface area contributed by atoms with Gasteiger partial charge in [0.25, 0.3) is 0 Å². The highest BCUT2D eigenvalue weighted by Crippen LogP contribution is 2.33. The zero-order valence-corrected chi connectivity index (χ0v) is 16.6.